The summed E-state index contributed by atoms with van der Waals surface area (Å²) in [6.45, 7) is 1.89. The Kier molecular flexibility index (Phi) is 5.08. The van der Waals surface area contributed by atoms with Gasteiger partial charge in [0.1, 0.15) is 11.6 Å². The largest absolute Gasteiger partial charge is 0.355 e. The third kappa shape index (κ3) is 3.89. The highest BCUT2D eigenvalue weighted by Crippen LogP contribution is 2.17. The summed E-state index contributed by atoms with van der Waals surface area (Å²) < 4.78 is 1.36. The quantitative estimate of drug-likeness (QED) is 0.734. The highest BCUT2D eigenvalue weighted by Gasteiger charge is 2.15. The van der Waals surface area contributed by atoms with Crippen molar-refractivity contribution in [2.45, 2.75) is 12.8 Å². The molecule has 7 nitrogen and oxygen atoms in total. The summed E-state index contributed by atoms with van der Waals surface area (Å²) in [5.41, 5.74) is 0.835. The first-order valence-electron chi connectivity index (χ1n) is 8.99. The van der Waals surface area contributed by atoms with E-state index in [0.717, 1.165) is 31.7 Å². The topological polar surface area (TPSA) is 80.1 Å². The average molecular weight is 396 g/mol. The molecule has 0 atom stereocenters. The van der Waals surface area contributed by atoms with Crippen molar-refractivity contribution >= 4 is 29.1 Å². The van der Waals surface area contributed by atoms with Gasteiger partial charge in [-0.2, -0.15) is 4.68 Å². The van der Waals surface area contributed by atoms with E-state index in [2.05, 4.69) is 20.3 Å². The van der Waals surface area contributed by atoms with Crippen molar-refractivity contribution in [1.82, 2.24) is 14.8 Å². The minimum Gasteiger partial charge on any atom is -0.355 e. The molecule has 1 fully saturated rings. The number of carbonyl (C=O) groups excluding carboxylic acids is 1. The van der Waals surface area contributed by atoms with Crippen molar-refractivity contribution in [3.8, 4) is 5.69 Å². The van der Waals surface area contributed by atoms with Gasteiger partial charge in [-0.15, -0.1) is 5.10 Å². The lowest BCUT2D eigenvalue weighted by molar-refractivity contribution is 0.102. The first-order chi connectivity index (χ1) is 13.6. The molecule has 0 unspecified atom stereocenters. The predicted molar refractivity (Wildman–Crippen MR) is 108 cm³/mol. The normalized spacial score (nSPS) is 13.5. The monoisotopic (exact) mass is 395 g/mol. The molecule has 4 rings (SSSR count). The van der Waals surface area contributed by atoms with Gasteiger partial charge >= 0.3 is 0 Å². The lowest BCUT2D eigenvalue weighted by Crippen LogP contribution is -2.26. The molecule has 28 heavy (non-hydrogen) atoms. The molecule has 1 amide bonds. The van der Waals surface area contributed by atoms with E-state index in [1.807, 2.05) is 0 Å². The second-order valence-corrected chi connectivity index (χ2v) is 6.93. The molecule has 1 saturated heterocycles. The highest BCUT2D eigenvalue weighted by atomic mass is 35.5. The molecule has 3 heterocycles. The molecule has 2 aromatic heterocycles. The number of carbonyl (C=O) groups is 1. The molecule has 1 aromatic carbocycles. The van der Waals surface area contributed by atoms with Gasteiger partial charge in [-0.3, -0.25) is 9.59 Å². The van der Waals surface area contributed by atoms with Crippen molar-refractivity contribution in [1.29, 1.82) is 0 Å². The van der Waals surface area contributed by atoms with Crippen LogP contribution in [0, 0.1) is 0 Å². The summed E-state index contributed by atoms with van der Waals surface area (Å²) in [6.07, 6.45) is 3.73. The van der Waals surface area contributed by atoms with Crippen LogP contribution in [0.3, 0.4) is 0 Å². The van der Waals surface area contributed by atoms with Crippen LogP contribution in [-0.4, -0.2) is 33.8 Å². The number of benzene rings is 1. The first-order valence-corrected chi connectivity index (χ1v) is 9.37. The summed E-state index contributed by atoms with van der Waals surface area (Å²) in [5.74, 6) is 0.898. The second-order valence-electron chi connectivity index (χ2n) is 6.50. The van der Waals surface area contributed by atoms with E-state index < -0.39 is 0 Å². The summed E-state index contributed by atoms with van der Waals surface area (Å²) >= 11 is 5.79. The fourth-order valence-electron chi connectivity index (χ4n) is 3.09. The maximum atomic E-state index is 12.4. The van der Waals surface area contributed by atoms with Crippen molar-refractivity contribution < 1.29 is 4.79 Å². The van der Waals surface area contributed by atoms with Crippen LogP contribution in [0.15, 0.2) is 59.5 Å². The molecule has 0 bridgehead atoms. The van der Waals surface area contributed by atoms with Gasteiger partial charge in [-0.1, -0.05) is 11.6 Å². The van der Waals surface area contributed by atoms with E-state index in [1.54, 1.807) is 42.5 Å². The van der Waals surface area contributed by atoms with Crippen LogP contribution < -0.4 is 15.8 Å². The second kappa shape index (κ2) is 7.82. The SMILES string of the molecule is O=C(Nc1ccc(Cl)cn1)c1ccc(-n2nc(N3CCCC3)ccc2=O)cc1. The lowest BCUT2D eigenvalue weighted by Gasteiger charge is -2.17. The Morgan fingerprint density at radius 2 is 1.75 bits per heavy atom. The Balaban J connectivity index is 1.54. The van der Waals surface area contributed by atoms with Crippen LogP contribution in [-0.2, 0) is 0 Å². The van der Waals surface area contributed by atoms with Gasteiger partial charge in [0.25, 0.3) is 11.5 Å². The van der Waals surface area contributed by atoms with E-state index in [0.29, 0.717) is 22.1 Å². The zero-order chi connectivity index (χ0) is 19.5. The average Bonchev–Trinajstić information content (AvgIpc) is 3.25. The van der Waals surface area contributed by atoms with E-state index in [4.69, 9.17) is 11.6 Å². The van der Waals surface area contributed by atoms with E-state index in [9.17, 15) is 9.59 Å². The van der Waals surface area contributed by atoms with Gasteiger partial charge in [0.2, 0.25) is 0 Å². The van der Waals surface area contributed by atoms with Crippen LogP contribution in [0.4, 0.5) is 11.6 Å². The smallest absolute Gasteiger partial charge is 0.271 e. The Labute approximate surface area is 166 Å². The van der Waals surface area contributed by atoms with Crippen molar-refractivity contribution in [2.24, 2.45) is 0 Å². The number of hydrogen-bond acceptors (Lipinski definition) is 5. The standard InChI is InChI=1S/C20H18ClN5O2/c21-15-5-8-17(22-13-15)23-20(28)14-3-6-16(7-4-14)26-19(27)10-9-18(24-26)25-11-1-2-12-25/h3-10,13H,1-2,11-12H2,(H,22,23,28). The minimum atomic E-state index is -0.299. The molecule has 1 aliphatic rings. The molecular formula is C20H18ClN5O2. The Bertz CT molecular complexity index is 1040. The molecule has 8 heteroatoms. The molecule has 0 saturated carbocycles. The molecule has 0 radical (unpaired) electrons. The Hall–Kier alpha value is -3.19. The number of pyridine rings is 1. The highest BCUT2D eigenvalue weighted by molar-refractivity contribution is 6.30. The number of nitrogens with zero attached hydrogens (tertiary/aromatic N) is 4. The molecule has 0 spiro atoms. The molecule has 0 aliphatic carbocycles. The summed E-state index contributed by atoms with van der Waals surface area (Å²) in [6, 6.07) is 13.3. The van der Waals surface area contributed by atoms with Gasteiger partial charge in [0, 0.05) is 30.9 Å². The van der Waals surface area contributed by atoms with E-state index in [1.165, 1.54) is 16.9 Å². The van der Waals surface area contributed by atoms with Crippen molar-refractivity contribution in [3.05, 3.63) is 75.7 Å². The lowest BCUT2D eigenvalue weighted by atomic mass is 10.2. The van der Waals surface area contributed by atoms with Crippen LogP contribution in [0.1, 0.15) is 23.2 Å². The number of amides is 1. The molecule has 142 valence electrons. The van der Waals surface area contributed by atoms with Crippen LogP contribution in [0.2, 0.25) is 5.02 Å². The van der Waals surface area contributed by atoms with Gasteiger partial charge < -0.3 is 10.2 Å². The number of aromatic nitrogens is 3. The minimum absolute atomic E-state index is 0.217. The molecule has 1 N–H and O–H groups in total. The number of anilines is 2. The van der Waals surface area contributed by atoms with Gasteiger partial charge in [-0.05, 0) is 55.3 Å². The third-order valence-corrected chi connectivity index (χ3v) is 4.78. The Morgan fingerprint density at radius 1 is 1.00 bits per heavy atom. The van der Waals surface area contributed by atoms with Crippen LogP contribution in [0.25, 0.3) is 5.69 Å². The zero-order valence-electron chi connectivity index (χ0n) is 15.0. The molecule has 1 aliphatic heterocycles. The number of hydrogen-bond donors (Lipinski definition) is 1. The van der Waals surface area contributed by atoms with E-state index in [-0.39, 0.29) is 11.5 Å². The van der Waals surface area contributed by atoms with E-state index >= 15 is 0 Å². The first kappa shape index (κ1) is 18.2. The number of halogens is 1. The van der Waals surface area contributed by atoms with Gasteiger partial charge in [0.05, 0.1) is 10.7 Å². The summed E-state index contributed by atoms with van der Waals surface area (Å²) in [4.78, 5) is 30.8. The Morgan fingerprint density at radius 3 is 2.43 bits per heavy atom. The summed E-state index contributed by atoms with van der Waals surface area (Å²) in [5, 5.41) is 7.68. The molecular weight excluding hydrogens is 378 g/mol. The van der Waals surface area contributed by atoms with Crippen molar-refractivity contribution in [2.75, 3.05) is 23.3 Å². The maximum absolute atomic E-state index is 12.4. The maximum Gasteiger partial charge on any atom is 0.271 e. The third-order valence-electron chi connectivity index (χ3n) is 4.56. The molecule has 3 aromatic rings. The number of rotatable bonds is 4. The number of nitrogens with one attached hydrogen (secondary N) is 1. The van der Waals surface area contributed by atoms with Crippen LogP contribution in [0.5, 0.6) is 0 Å². The van der Waals surface area contributed by atoms with Gasteiger partial charge in [0.15, 0.2) is 0 Å². The summed E-state index contributed by atoms with van der Waals surface area (Å²) in [7, 11) is 0. The van der Waals surface area contributed by atoms with Crippen LogP contribution >= 0.6 is 11.6 Å². The zero-order valence-corrected chi connectivity index (χ0v) is 15.8. The predicted octanol–water partition coefficient (Wildman–Crippen LogP) is 3.13. The van der Waals surface area contributed by atoms with Gasteiger partial charge in [-0.25, -0.2) is 4.98 Å². The fraction of sp³-hybridized carbons (Fsp3) is 0.200. The fourth-order valence-corrected chi connectivity index (χ4v) is 3.21. The van der Waals surface area contributed by atoms with Crippen molar-refractivity contribution in [3.63, 3.8) is 0 Å².